The maximum atomic E-state index is 13.5. The molecule has 3 aromatic rings. The lowest BCUT2D eigenvalue weighted by Crippen LogP contribution is -2.39. The summed E-state index contributed by atoms with van der Waals surface area (Å²) in [5.74, 6) is 0.694. The van der Waals surface area contributed by atoms with Gasteiger partial charge in [0.1, 0.15) is 0 Å². The van der Waals surface area contributed by atoms with Crippen molar-refractivity contribution in [2.45, 2.75) is 39.2 Å². The number of hydrogen-bond donors (Lipinski definition) is 1. The number of anilines is 1. The van der Waals surface area contributed by atoms with E-state index in [0.717, 1.165) is 30.5 Å². The van der Waals surface area contributed by atoms with Crippen LogP contribution < -0.4 is 4.72 Å². The zero-order chi connectivity index (χ0) is 22.3. The third kappa shape index (κ3) is 4.49. The van der Waals surface area contributed by atoms with Crippen molar-refractivity contribution in [3.63, 3.8) is 0 Å². The molecule has 31 heavy (non-hydrogen) atoms. The largest absolute Gasteiger partial charge is 0.328 e. The van der Waals surface area contributed by atoms with Gasteiger partial charge in [-0.05, 0) is 57.4 Å². The summed E-state index contributed by atoms with van der Waals surface area (Å²) in [4.78, 5) is 24.3. The third-order valence-corrected chi connectivity index (χ3v) is 6.03. The van der Waals surface area contributed by atoms with E-state index in [1.54, 1.807) is 15.5 Å². The van der Waals surface area contributed by atoms with Crippen molar-refractivity contribution >= 4 is 39.0 Å². The Hall–Kier alpha value is -2.72. The standard InChI is InChI=1S/C20H23ClN6O3S/c1-12-10-13(2)27-20(22-12)23-18(24-27)17-6-4-5-9-26(17)19(28)15-11-14(21)7-8-16(15)25-31(3,29)30/h7-8,10-11,17,25H,4-6,9H2,1-3H3. The molecule has 2 aromatic heterocycles. The molecule has 0 radical (unpaired) electrons. The minimum absolute atomic E-state index is 0.192. The highest BCUT2D eigenvalue weighted by atomic mass is 35.5. The van der Waals surface area contributed by atoms with E-state index in [0.29, 0.717) is 29.6 Å². The molecule has 1 aromatic carbocycles. The first kappa shape index (κ1) is 21.5. The normalized spacial score (nSPS) is 17.2. The smallest absolute Gasteiger partial charge is 0.256 e. The Balaban J connectivity index is 1.74. The van der Waals surface area contributed by atoms with Crippen LogP contribution in [0.4, 0.5) is 5.69 Å². The summed E-state index contributed by atoms with van der Waals surface area (Å²) in [6.45, 7) is 4.33. The molecule has 1 atom stereocenters. The van der Waals surface area contributed by atoms with Crippen LogP contribution in [0.2, 0.25) is 5.02 Å². The van der Waals surface area contributed by atoms with Gasteiger partial charge in [0.15, 0.2) is 5.82 Å². The topological polar surface area (TPSA) is 110 Å². The summed E-state index contributed by atoms with van der Waals surface area (Å²) in [5, 5.41) is 4.96. The summed E-state index contributed by atoms with van der Waals surface area (Å²) < 4.78 is 27.6. The number of halogens is 1. The molecule has 1 unspecified atom stereocenters. The van der Waals surface area contributed by atoms with Gasteiger partial charge in [0.05, 0.1) is 23.5 Å². The summed E-state index contributed by atoms with van der Waals surface area (Å²) >= 11 is 6.13. The van der Waals surface area contributed by atoms with Gasteiger partial charge in [-0.2, -0.15) is 4.98 Å². The Bertz CT molecular complexity index is 1270. The van der Waals surface area contributed by atoms with Crippen molar-refractivity contribution in [2.75, 3.05) is 17.5 Å². The number of aromatic nitrogens is 4. The fourth-order valence-electron chi connectivity index (χ4n) is 3.90. The Morgan fingerprint density at radius 1 is 1.19 bits per heavy atom. The van der Waals surface area contributed by atoms with Crippen molar-refractivity contribution in [3.05, 3.63) is 52.1 Å². The number of hydrogen-bond acceptors (Lipinski definition) is 6. The molecular formula is C20H23ClN6O3S. The zero-order valence-corrected chi connectivity index (χ0v) is 19.0. The lowest BCUT2D eigenvalue weighted by Gasteiger charge is -2.34. The highest BCUT2D eigenvalue weighted by Gasteiger charge is 2.33. The number of benzene rings is 1. The van der Waals surface area contributed by atoms with Crippen LogP contribution in [-0.4, -0.2) is 51.6 Å². The third-order valence-electron chi connectivity index (χ3n) is 5.20. The van der Waals surface area contributed by atoms with E-state index in [4.69, 9.17) is 11.6 Å². The van der Waals surface area contributed by atoms with E-state index in [1.807, 2.05) is 19.9 Å². The van der Waals surface area contributed by atoms with Crippen LogP contribution in [0.15, 0.2) is 24.3 Å². The molecule has 1 fully saturated rings. The summed E-state index contributed by atoms with van der Waals surface area (Å²) in [7, 11) is -3.57. The number of amides is 1. The molecular weight excluding hydrogens is 440 g/mol. The molecule has 1 amide bonds. The number of fused-ring (bicyclic) bond motifs is 1. The first-order chi connectivity index (χ1) is 14.6. The molecule has 0 saturated carbocycles. The van der Waals surface area contributed by atoms with Crippen molar-refractivity contribution < 1.29 is 13.2 Å². The molecule has 11 heteroatoms. The van der Waals surface area contributed by atoms with E-state index in [-0.39, 0.29) is 23.2 Å². The molecule has 1 saturated heterocycles. The number of nitrogens with zero attached hydrogens (tertiary/aromatic N) is 5. The van der Waals surface area contributed by atoms with Crippen molar-refractivity contribution in [2.24, 2.45) is 0 Å². The molecule has 0 spiro atoms. The van der Waals surface area contributed by atoms with Crippen LogP contribution in [0, 0.1) is 13.8 Å². The minimum Gasteiger partial charge on any atom is -0.328 e. The van der Waals surface area contributed by atoms with Crippen LogP contribution >= 0.6 is 11.6 Å². The number of piperidine rings is 1. The molecule has 0 aliphatic carbocycles. The molecule has 9 nitrogen and oxygen atoms in total. The monoisotopic (exact) mass is 462 g/mol. The molecule has 3 heterocycles. The fourth-order valence-corrected chi connectivity index (χ4v) is 4.65. The SMILES string of the molecule is Cc1cc(C)n2nc(C3CCCCN3C(=O)c3cc(Cl)ccc3NS(C)(=O)=O)nc2n1. The number of sulfonamides is 1. The number of nitrogens with one attached hydrogen (secondary N) is 1. The highest BCUT2D eigenvalue weighted by Crippen LogP contribution is 2.33. The lowest BCUT2D eigenvalue weighted by atomic mass is 10.00. The number of aryl methyl sites for hydroxylation is 2. The summed E-state index contributed by atoms with van der Waals surface area (Å²) in [6, 6.07) is 6.10. The van der Waals surface area contributed by atoms with Crippen LogP contribution in [0.3, 0.4) is 0 Å². The van der Waals surface area contributed by atoms with Crippen molar-refractivity contribution in [1.82, 2.24) is 24.5 Å². The van der Waals surface area contributed by atoms with Crippen LogP contribution in [0.1, 0.15) is 52.9 Å². The number of carbonyl (C=O) groups is 1. The average Bonchev–Trinajstić information content (AvgIpc) is 3.12. The maximum absolute atomic E-state index is 13.5. The lowest BCUT2D eigenvalue weighted by molar-refractivity contribution is 0.0601. The maximum Gasteiger partial charge on any atom is 0.256 e. The van der Waals surface area contributed by atoms with Gasteiger partial charge in [0.25, 0.3) is 11.7 Å². The minimum atomic E-state index is -3.57. The average molecular weight is 463 g/mol. The molecule has 4 rings (SSSR count). The van der Waals surface area contributed by atoms with Gasteiger partial charge in [-0.3, -0.25) is 9.52 Å². The van der Waals surface area contributed by atoms with E-state index in [1.165, 1.54) is 12.1 Å². The Morgan fingerprint density at radius 3 is 2.71 bits per heavy atom. The molecule has 1 aliphatic rings. The second kappa shape index (κ2) is 8.08. The van der Waals surface area contributed by atoms with E-state index in [9.17, 15) is 13.2 Å². The molecule has 1 aliphatic heterocycles. The second-order valence-corrected chi connectivity index (χ2v) is 9.98. The van der Waals surface area contributed by atoms with E-state index < -0.39 is 10.0 Å². The Kier molecular flexibility index (Phi) is 5.61. The van der Waals surface area contributed by atoms with Crippen LogP contribution in [0.5, 0.6) is 0 Å². The predicted octanol–water partition coefficient (Wildman–Crippen LogP) is 3.13. The first-order valence-electron chi connectivity index (χ1n) is 9.91. The first-order valence-corrected chi connectivity index (χ1v) is 12.2. The molecule has 1 N–H and O–H groups in total. The summed E-state index contributed by atoms with van der Waals surface area (Å²) in [6.07, 6.45) is 3.51. The van der Waals surface area contributed by atoms with E-state index >= 15 is 0 Å². The van der Waals surface area contributed by atoms with Gasteiger partial charge in [-0.15, -0.1) is 5.10 Å². The van der Waals surface area contributed by atoms with Crippen LogP contribution in [-0.2, 0) is 10.0 Å². The number of likely N-dealkylation sites (tertiary alicyclic amines) is 1. The van der Waals surface area contributed by atoms with Gasteiger partial charge in [0.2, 0.25) is 10.0 Å². The second-order valence-electron chi connectivity index (χ2n) is 7.79. The van der Waals surface area contributed by atoms with Gasteiger partial charge >= 0.3 is 0 Å². The van der Waals surface area contributed by atoms with Gasteiger partial charge < -0.3 is 4.90 Å². The van der Waals surface area contributed by atoms with Gasteiger partial charge in [-0.1, -0.05) is 11.6 Å². The van der Waals surface area contributed by atoms with Gasteiger partial charge in [0, 0.05) is 23.0 Å². The van der Waals surface area contributed by atoms with Gasteiger partial charge in [-0.25, -0.2) is 17.9 Å². The number of carbonyl (C=O) groups excluding carboxylic acids is 1. The Morgan fingerprint density at radius 2 is 1.97 bits per heavy atom. The van der Waals surface area contributed by atoms with E-state index in [2.05, 4.69) is 19.8 Å². The quantitative estimate of drug-likeness (QED) is 0.637. The Labute approximate surface area is 185 Å². The fraction of sp³-hybridized carbons (Fsp3) is 0.400. The zero-order valence-electron chi connectivity index (χ0n) is 17.5. The van der Waals surface area contributed by atoms with Crippen molar-refractivity contribution in [1.29, 1.82) is 0 Å². The highest BCUT2D eigenvalue weighted by molar-refractivity contribution is 7.92. The number of rotatable bonds is 4. The molecule has 0 bridgehead atoms. The van der Waals surface area contributed by atoms with Crippen LogP contribution in [0.25, 0.3) is 5.78 Å². The van der Waals surface area contributed by atoms with Crippen molar-refractivity contribution in [3.8, 4) is 0 Å². The summed E-state index contributed by atoms with van der Waals surface area (Å²) in [5.41, 5.74) is 2.14. The predicted molar refractivity (Wildman–Crippen MR) is 118 cm³/mol. The molecule has 164 valence electrons.